The van der Waals surface area contributed by atoms with Crippen LogP contribution < -0.4 is 0 Å². The molecule has 2 atom stereocenters. The van der Waals surface area contributed by atoms with Crippen molar-refractivity contribution in [3.8, 4) is 0 Å². The van der Waals surface area contributed by atoms with Gasteiger partial charge in [0.05, 0.1) is 6.04 Å². The molecule has 0 amide bonds. The molecule has 130 valence electrons. The van der Waals surface area contributed by atoms with Gasteiger partial charge in [-0.1, -0.05) is 64.1 Å². The quantitative estimate of drug-likeness (QED) is 0.576. The molecule has 2 unspecified atom stereocenters. The zero-order valence-corrected chi connectivity index (χ0v) is 16.0. The van der Waals surface area contributed by atoms with Crippen LogP contribution in [0.5, 0.6) is 0 Å². The van der Waals surface area contributed by atoms with Crippen molar-refractivity contribution in [1.29, 1.82) is 0 Å². The van der Waals surface area contributed by atoms with Crippen LogP contribution in [0.3, 0.4) is 0 Å². The summed E-state index contributed by atoms with van der Waals surface area (Å²) in [5.74, 6) is 0.918. The van der Waals surface area contributed by atoms with Crippen LogP contribution >= 0.6 is 0 Å². The molecule has 1 nitrogen and oxygen atoms in total. The molecule has 0 fully saturated rings. The van der Waals surface area contributed by atoms with Crippen molar-refractivity contribution in [3.05, 3.63) is 82.5 Å². The van der Waals surface area contributed by atoms with Crippen LogP contribution in [0.1, 0.15) is 44.9 Å². The Labute approximate surface area is 155 Å². The van der Waals surface area contributed by atoms with E-state index in [0.717, 1.165) is 0 Å². The lowest BCUT2D eigenvalue weighted by Gasteiger charge is -2.47. The minimum Gasteiger partial charge on any atom is -0.284 e. The van der Waals surface area contributed by atoms with Crippen LogP contribution in [0.4, 0.5) is 0 Å². The van der Waals surface area contributed by atoms with Crippen molar-refractivity contribution in [1.82, 2.24) is 0 Å². The Hall–Kier alpha value is -2.41. The fraction of sp³-hybridized carbons (Fsp3) is 0.320. The Morgan fingerprint density at radius 2 is 1.73 bits per heavy atom. The molecule has 0 radical (unpaired) electrons. The zero-order valence-electron chi connectivity index (χ0n) is 16.0. The van der Waals surface area contributed by atoms with Crippen LogP contribution in [-0.4, -0.2) is 6.21 Å². The molecule has 0 bridgehead atoms. The molecule has 5 rings (SSSR count). The van der Waals surface area contributed by atoms with Crippen LogP contribution in [0.15, 0.2) is 76.3 Å². The van der Waals surface area contributed by atoms with E-state index in [0.29, 0.717) is 11.8 Å². The summed E-state index contributed by atoms with van der Waals surface area (Å²) in [5, 5.41) is 2.64. The van der Waals surface area contributed by atoms with E-state index in [1.165, 1.54) is 38.6 Å². The molecule has 2 aromatic carbocycles. The summed E-state index contributed by atoms with van der Waals surface area (Å²) in [6.07, 6.45) is 9.11. The first kappa shape index (κ1) is 15.8. The molecule has 1 aliphatic heterocycles. The Kier molecular flexibility index (Phi) is 3.22. The van der Waals surface area contributed by atoms with E-state index in [2.05, 4.69) is 82.3 Å². The molecular weight excluding hydrogens is 314 g/mol. The van der Waals surface area contributed by atoms with E-state index in [1.54, 1.807) is 0 Å². The summed E-state index contributed by atoms with van der Waals surface area (Å²) in [4.78, 5) is 4.95. The summed E-state index contributed by atoms with van der Waals surface area (Å²) >= 11 is 0. The van der Waals surface area contributed by atoms with Gasteiger partial charge >= 0.3 is 0 Å². The molecule has 0 aromatic heterocycles. The third-order valence-corrected chi connectivity index (χ3v) is 6.48. The number of allylic oxidation sites excluding steroid dienone is 4. The van der Waals surface area contributed by atoms with Gasteiger partial charge in [0, 0.05) is 17.5 Å². The topological polar surface area (TPSA) is 12.4 Å². The van der Waals surface area contributed by atoms with Gasteiger partial charge in [-0.2, -0.15) is 0 Å². The van der Waals surface area contributed by atoms with Crippen molar-refractivity contribution in [2.45, 2.75) is 39.2 Å². The summed E-state index contributed by atoms with van der Waals surface area (Å²) in [5.41, 5.74) is 7.25. The van der Waals surface area contributed by atoms with Crippen LogP contribution in [0.2, 0.25) is 0 Å². The average molecular weight is 339 g/mol. The predicted octanol–water partition coefficient (Wildman–Crippen LogP) is 6.32. The minimum absolute atomic E-state index is 0.0148. The second-order valence-electron chi connectivity index (χ2n) is 8.70. The number of hydrogen-bond donors (Lipinski definition) is 0. The first-order valence-electron chi connectivity index (χ1n) is 9.67. The molecular formula is C25H25N. The summed E-state index contributed by atoms with van der Waals surface area (Å²) in [6.45, 7) is 9.36. The number of nitrogens with zero attached hydrogens (tertiary/aromatic N) is 1. The largest absolute Gasteiger partial charge is 0.284 e. The SMILES string of the molecule is CC(C)C1=CC2=CC=NC3c4cc5ccccc5cc4C(C)(C)C(=C1)C23. The van der Waals surface area contributed by atoms with Gasteiger partial charge in [0.25, 0.3) is 0 Å². The zero-order chi connectivity index (χ0) is 18.1. The fourth-order valence-corrected chi connectivity index (χ4v) is 4.95. The van der Waals surface area contributed by atoms with Crippen molar-refractivity contribution in [3.63, 3.8) is 0 Å². The monoisotopic (exact) mass is 339 g/mol. The normalized spacial score (nSPS) is 25.3. The van der Waals surface area contributed by atoms with Gasteiger partial charge in [0.2, 0.25) is 0 Å². The number of benzene rings is 2. The van der Waals surface area contributed by atoms with Gasteiger partial charge < -0.3 is 0 Å². The first-order chi connectivity index (χ1) is 12.5. The predicted molar refractivity (Wildman–Crippen MR) is 111 cm³/mol. The number of fused-ring (bicyclic) bond motifs is 3. The Morgan fingerprint density at radius 3 is 2.46 bits per heavy atom. The Morgan fingerprint density at radius 1 is 1.00 bits per heavy atom. The van der Waals surface area contributed by atoms with Crippen molar-refractivity contribution in [2.75, 3.05) is 0 Å². The summed E-state index contributed by atoms with van der Waals surface area (Å²) in [6, 6.07) is 13.7. The van der Waals surface area contributed by atoms with E-state index in [9.17, 15) is 0 Å². The Balaban J connectivity index is 1.82. The second kappa shape index (κ2) is 5.30. The van der Waals surface area contributed by atoms with Gasteiger partial charge in [0.1, 0.15) is 0 Å². The molecule has 0 saturated carbocycles. The molecule has 26 heavy (non-hydrogen) atoms. The van der Waals surface area contributed by atoms with Crippen molar-refractivity contribution in [2.24, 2.45) is 16.8 Å². The van der Waals surface area contributed by atoms with Gasteiger partial charge in [-0.15, -0.1) is 0 Å². The van der Waals surface area contributed by atoms with Gasteiger partial charge in [-0.05, 0) is 62.7 Å². The highest BCUT2D eigenvalue weighted by atomic mass is 14.8. The maximum Gasteiger partial charge on any atom is 0.0858 e. The van der Waals surface area contributed by atoms with Gasteiger partial charge in [0.15, 0.2) is 0 Å². The smallest absolute Gasteiger partial charge is 0.0858 e. The lowest BCUT2D eigenvalue weighted by Crippen LogP contribution is -2.38. The third-order valence-electron chi connectivity index (χ3n) is 6.48. The number of rotatable bonds is 1. The molecule has 3 aliphatic rings. The third kappa shape index (κ3) is 2.06. The van der Waals surface area contributed by atoms with Crippen LogP contribution in [0, 0.1) is 11.8 Å². The highest BCUT2D eigenvalue weighted by Gasteiger charge is 2.46. The lowest BCUT2D eigenvalue weighted by molar-refractivity contribution is 0.429. The van der Waals surface area contributed by atoms with E-state index in [4.69, 9.17) is 4.99 Å². The standard InChI is InChI=1S/C25H25N/c1-15(2)19-11-18-9-10-26-24-20-12-16-7-5-6-8-17(16)13-21(20)25(3,4)22(14-19)23(18)24/h5-15,23-24H,1-4H3. The molecule has 2 aromatic rings. The van der Waals surface area contributed by atoms with E-state index < -0.39 is 0 Å². The van der Waals surface area contributed by atoms with Crippen molar-refractivity contribution < 1.29 is 0 Å². The summed E-state index contributed by atoms with van der Waals surface area (Å²) < 4.78 is 0. The Bertz CT molecular complexity index is 1040. The van der Waals surface area contributed by atoms with E-state index in [1.807, 2.05) is 6.21 Å². The molecule has 1 heterocycles. The minimum atomic E-state index is 0.0148. The molecule has 0 spiro atoms. The molecule has 0 N–H and O–H groups in total. The average Bonchev–Trinajstić information content (AvgIpc) is 2.64. The summed E-state index contributed by atoms with van der Waals surface area (Å²) in [7, 11) is 0. The molecule has 2 aliphatic carbocycles. The lowest BCUT2D eigenvalue weighted by atomic mass is 9.58. The number of aliphatic imine (C=N–C) groups is 1. The van der Waals surface area contributed by atoms with Crippen LogP contribution in [0.25, 0.3) is 10.8 Å². The maximum atomic E-state index is 4.95. The highest BCUT2D eigenvalue weighted by molar-refractivity contribution is 5.86. The maximum absolute atomic E-state index is 4.95. The van der Waals surface area contributed by atoms with E-state index in [-0.39, 0.29) is 11.5 Å². The number of hydrogen-bond acceptors (Lipinski definition) is 1. The second-order valence-corrected chi connectivity index (χ2v) is 8.70. The van der Waals surface area contributed by atoms with Gasteiger partial charge in [-0.3, -0.25) is 4.99 Å². The highest BCUT2D eigenvalue weighted by Crippen LogP contribution is 2.56. The molecule has 1 heteroatoms. The number of dihydropyridines is 1. The molecule has 0 saturated heterocycles. The first-order valence-corrected chi connectivity index (χ1v) is 9.67. The van der Waals surface area contributed by atoms with Crippen LogP contribution in [-0.2, 0) is 5.41 Å². The van der Waals surface area contributed by atoms with Crippen molar-refractivity contribution >= 4 is 17.0 Å². The van der Waals surface area contributed by atoms with Gasteiger partial charge in [-0.25, -0.2) is 0 Å². The van der Waals surface area contributed by atoms with E-state index >= 15 is 0 Å². The fourth-order valence-electron chi connectivity index (χ4n) is 4.95.